The van der Waals surface area contributed by atoms with Gasteiger partial charge in [-0.2, -0.15) is 0 Å². The lowest BCUT2D eigenvalue weighted by Crippen LogP contribution is -2.37. The third-order valence-corrected chi connectivity index (χ3v) is 3.69. The zero-order valence-electron chi connectivity index (χ0n) is 12.3. The van der Waals surface area contributed by atoms with Crippen molar-refractivity contribution < 1.29 is 18.8 Å². The number of ether oxygens (including phenoxy) is 1. The number of halogens is 1. The molecular formula is C15H19FN2O4. The number of nitro benzene ring substituents is 1. The predicted octanol–water partition coefficient (Wildman–Crippen LogP) is 2.91. The van der Waals surface area contributed by atoms with Crippen LogP contribution in [0.15, 0.2) is 18.2 Å². The van der Waals surface area contributed by atoms with Gasteiger partial charge >= 0.3 is 0 Å². The molecule has 0 N–H and O–H groups in total. The maximum atomic E-state index is 13.7. The number of likely N-dealkylation sites (tertiary alicyclic amines) is 1. The Labute approximate surface area is 128 Å². The number of amides is 1. The highest BCUT2D eigenvalue weighted by molar-refractivity contribution is 5.77. The Bertz CT molecular complexity index is 542. The van der Waals surface area contributed by atoms with Crippen LogP contribution in [-0.2, 0) is 4.79 Å². The van der Waals surface area contributed by atoms with Gasteiger partial charge < -0.3 is 9.64 Å². The fraction of sp³-hybridized carbons (Fsp3) is 0.533. The van der Waals surface area contributed by atoms with E-state index in [2.05, 4.69) is 0 Å². The van der Waals surface area contributed by atoms with Crippen molar-refractivity contribution in [1.29, 1.82) is 0 Å². The molecule has 0 saturated carbocycles. The SMILES string of the molecule is O=C(COc1ccc([N+](=O)[O-])cc1F)N1CCCCCCC1. The van der Waals surface area contributed by atoms with Crippen molar-refractivity contribution in [3.63, 3.8) is 0 Å². The van der Waals surface area contributed by atoms with Crippen LogP contribution < -0.4 is 4.74 Å². The van der Waals surface area contributed by atoms with Crippen LogP contribution in [0.5, 0.6) is 5.75 Å². The zero-order valence-corrected chi connectivity index (χ0v) is 12.3. The van der Waals surface area contributed by atoms with Gasteiger partial charge in [-0.25, -0.2) is 4.39 Å². The molecule has 22 heavy (non-hydrogen) atoms. The fourth-order valence-electron chi connectivity index (χ4n) is 2.45. The summed E-state index contributed by atoms with van der Waals surface area (Å²) >= 11 is 0. The third-order valence-electron chi connectivity index (χ3n) is 3.69. The van der Waals surface area contributed by atoms with Crippen LogP contribution in [0.25, 0.3) is 0 Å². The number of nitrogens with zero attached hydrogens (tertiary/aromatic N) is 2. The van der Waals surface area contributed by atoms with E-state index in [1.165, 1.54) is 12.5 Å². The normalized spacial score (nSPS) is 15.8. The molecule has 0 aliphatic carbocycles. The molecule has 1 amide bonds. The van der Waals surface area contributed by atoms with Crippen LogP contribution in [0.4, 0.5) is 10.1 Å². The molecule has 0 bridgehead atoms. The van der Waals surface area contributed by atoms with E-state index in [1.54, 1.807) is 4.90 Å². The molecule has 2 rings (SSSR count). The quantitative estimate of drug-likeness (QED) is 0.633. The summed E-state index contributed by atoms with van der Waals surface area (Å²) in [7, 11) is 0. The van der Waals surface area contributed by atoms with Crippen molar-refractivity contribution in [2.24, 2.45) is 0 Å². The van der Waals surface area contributed by atoms with Crippen LogP contribution in [0, 0.1) is 15.9 Å². The minimum Gasteiger partial charge on any atom is -0.481 e. The van der Waals surface area contributed by atoms with Crippen molar-refractivity contribution >= 4 is 11.6 Å². The molecule has 1 aromatic rings. The van der Waals surface area contributed by atoms with Crippen LogP contribution in [0.2, 0.25) is 0 Å². The molecule has 1 saturated heterocycles. The topological polar surface area (TPSA) is 72.7 Å². The first-order valence-electron chi connectivity index (χ1n) is 7.42. The molecule has 1 aliphatic heterocycles. The van der Waals surface area contributed by atoms with Crippen molar-refractivity contribution in [3.05, 3.63) is 34.1 Å². The van der Waals surface area contributed by atoms with E-state index in [0.29, 0.717) is 13.1 Å². The largest absolute Gasteiger partial charge is 0.481 e. The minimum atomic E-state index is -0.838. The number of benzene rings is 1. The summed E-state index contributed by atoms with van der Waals surface area (Å²) in [5.41, 5.74) is -0.347. The maximum absolute atomic E-state index is 13.7. The number of rotatable bonds is 4. The van der Waals surface area contributed by atoms with Gasteiger partial charge in [0.15, 0.2) is 18.2 Å². The van der Waals surface area contributed by atoms with Crippen molar-refractivity contribution in [2.45, 2.75) is 32.1 Å². The number of hydrogen-bond acceptors (Lipinski definition) is 4. The highest BCUT2D eigenvalue weighted by Gasteiger charge is 2.17. The molecule has 6 nitrogen and oxygen atoms in total. The molecule has 0 aromatic heterocycles. The van der Waals surface area contributed by atoms with Gasteiger partial charge in [0, 0.05) is 19.2 Å². The number of non-ortho nitro benzene ring substituents is 1. The molecule has 1 aliphatic rings. The maximum Gasteiger partial charge on any atom is 0.272 e. The number of nitro groups is 1. The summed E-state index contributed by atoms with van der Waals surface area (Å²) in [4.78, 5) is 23.7. The van der Waals surface area contributed by atoms with Gasteiger partial charge in [-0.15, -0.1) is 0 Å². The van der Waals surface area contributed by atoms with Crippen molar-refractivity contribution in [1.82, 2.24) is 4.90 Å². The van der Waals surface area contributed by atoms with Crippen molar-refractivity contribution in [2.75, 3.05) is 19.7 Å². The smallest absolute Gasteiger partial charge is 0.272 e. The van der Waals surface area contributed by atoms with E-state index < -0.39 is 10.7 Å². The summed E-state index contributed by atoms with van der Waals surface area (Å²) in [6.07, 6.45) is 5.37. The molecular weight excluding hydrogens is 291 g/mol. The van der Waals surface area contributed by atoms with E-state index in [9.17, 15) is 19.3 Å². The lowest BCUT2D eigenvalue weighted by Gasteiger charge is -2.24. The highest BCUT2D eigenvalue weighted by Crippen LogP contribution is 2.22. The van der Waals surface area contributed by atoms with E-state index in [4.69, 9.17) is 4.74 Å². The molecule has 0 atom stereocenters. The second-order valence-electron chi connectivity index (χ2n) is 5.31. The van der Waals surface area contributed by atoms with Gasteiger partial charge in [-0.05, 0) is 18.9 Å². The van der Waals surface area contributed by atoms with Gasteiger partial charge in [0.2, 0.25) is 0 Å². The average Bonchev–Trinajstić information content (AvgIpc) is 2.45. The Balaban J connectivity index is 1.91. The van der Waals surface area contributed by atoms with E-state index >= 15 is 0 Å². The first kappa shape index (κ1) is 16.2. The summed E-state index contributed by atoms with van der Waals surface area (Å²) in [5, 5.41) is 10.5. The summed E-state index contributed by atoms with van der Waals surface area (Å²) in [6.45, 7) is 1.14. The monoisotopic (exact) mass is 310 g/mol. The van der Waals surface area contributed by atoms with Gasteiger partial charge in [0.1, 0.15) is 0 Å². The molecule has 1 heterocycles. The summed E-state index contributed by atoms with van der Waals surface area (Å²) in [6, 6.07) is 3.11. The molecule has 1 fully saturated rings. The third kappa shape index (κ3) is 4.41. The van der Waals surface area contributed by atoms with Crippen LogP contribution in [0.3, 0.4) is 0 Å². The number of hydrogen-bond donors (Lipinski definition) is 0. The molecule has 1 aromatic carbocycles. The lowest BCUT2D eigenvalue weighted by molar-refractivity contribution is -0.385. The summed E-state index contributed by atoms with van der Waals surface area (Å²) < 4.78 is 18.8. The first-order valence-corrected chi connectivity index (χ1v) is 7.42. The molecule has 120 valence electrons. The standard InChI is InChI=1S/C15H19FN2O4/c16-13-10-12(18(20)21)6-7-14(13)22-11-15(19)17-8-4-2-1-3-5-9-17/h6-7,10H,1-5,8-9,11H2. The summed E-state index contributed by atoms with van der Waals surface area (Å²) in [5.74, 6) is -1.17. The number of carbonyl (C=O) groups is 1. The molecule has 0 radical (unpaired) electrons. The lowest BCUT2D eigenvalue weighted by atomic mass is 10.1. The number of carbonyl (C=O) groups excluding carboxylic acids is 1. The van der Waals surface area contributed by atoms with Crippen LogP contribution in [0.1, 0.15) is 32.1 Å². The van der Waals surface area contributed by atoms with E-state index in [-0.39, 0.29) is 24.0 Å². The van der Waals surface area contributed by atoms with E-state index in [1.807, 2.05) is 0 Å². The average molecular weight is 310 g/mol. The van der Waals surface area contributed by atoms with Crippen molar-refractivity contribution in [3.8, 4) is 5.75 Å². The van der Waals surface area contributed by atoms with Gasteiger partial charge in [0.25, 0.3) is 11.6 Å². The predicted molar refractivity (Wildman–Crippen MR) is 78.2 cm³/mol. The Kier molecular flexibility index (Phi) is 5.68. The van der Waals surface area contributed by atoms with Gasteiger partial charge in [-0.1, -0.05) is 19.3 Å². The first-order chi connectivity index (χ1) is 10.6. The second-order valence-corrected chi connectivity index (χ2v) is 5.31. The van der Waals surface area contributed by atoms with Crippen LogP contribution >= 0.6 is 0 Å². The molecule has 0 spiro atoms. The Hall–Kier alpha value is -2.18. The Morgan fingerprint density at radius 3 is 2.45 bits per heavy atom. The minimum absolute atomic E-state index is 0.147. The van der Waals surface area contributed by atoms with E-state index in [0.717, 1.165) is 37.8 Å². The second kappa shape index (κ2) is 7.72. The molecule has 0 unspecified atom stereocenters. The van der Waals surface area contributed by atoms with Crippen LogP contribution in [-0.4, -0.2) is 35.4 Å². The Morgan fingerprint density at radius 2 is 1.86 bits per heavy atom. The highest BCUT2D eigenvalue weighted by atomic mass is 19.1. The van der Waals surface area contributed by atoms with Gasteiger partial charge in [0.05, 0.1) is 11.0 Å². The van der Waals surface area contributed by atoms with Gasteiger partial charge in [-0.3, -0.25) is 14.9 Å². The Morgan fingerprint density at radius 1 is 1.23 bits per heavy atom. The zero-order chi connectivity index (χ0) is 15.9. The fourth-order valence-corrected chi connectivity index (χ4v) is 2.45. The molecule has 7 heteroatoms.